The molecule has 0 bridgehead atoms. The number of rotatable bonds is 6. The molecule has 0 spiro atoms. The number of carbonyl (C=O) groups excluding carboxylic acids is 1. The second-order valence-corrected chi connectivity index (χ2v) is 5.56. The molecule has 0 saturated heterocycles. The van der Waals surface area contributed by atoms with Gasteiger partial charge in [-0.15, -0.1) is 0 Å². The molecule has 2 aromatic rings. The average Bonchev–Trinajstić information content (AvgIpc) is 2.85. The Morgan fingerprint density at radius 3 is 2.81 bits per heavy atom. The largest absolute Gasteiger partial charge is 0.496 e. The van der Waals surface area contributed by atoms with Crippen molar-refractivity contribution in [2.45, 2.75) is 33.7 Å². The van der Waals surface area contributed by atoms with E-state index in [9.17, 15) is 4.79 Å². The summed E-state index contributed by atoms with van der Waals surface area (Å²) in [5.41, 5.74) is 1.62. The summed E-state index contributed by atoms with van der Waals surface area (Å²) in [5.74, 6) is 1.74. The third-order valence-electron chi connectivity index (χ3n) is 3.21. The molecule has 0 saturated carbocycles. The van der Waals surface area contributed by atoms with Crippen LogP contribution in [0.1, 0.15) is 35.6 Å². The minimum atomic E-state index is -0.00597. The highest BCUT2D eigenvalue weighted by Gasteiger charge is 2.16. The summed E-state index contributed by atoms with van der Waals surface area (Å²) in [6.07, 6.45) is 1.73. The molecule has 0 fully saturated rings. The molecule has 112 valence electrons. The number of methoxy groups -OCH3 is 1. The number of carbonyl (C=O) groups is 1. The summed E-state index contributed by atoms with van der Waals surface area (Å²) >= 11 is 0. The van der Waals surface area contributed by atoms with Gasteiger partial charge in [0.05, 0.1) is 19.1 Å². The van der Waals surface area contributed by atoms with Crippen molar-refractivity contribution in [1.29, 1.82) is 0 Å². The van der Waals surface area contributed by atoms with Crippen LogP contribution < -0.4 is 4.74 Å². The second kappa shape index (κ2) is 6.52. The van der Waals surface area contributed by atoms with E-state index in [1.165, 1.54) is 6.33 Å². The molecule has 5 heteroatoms. The molecular formula is C16H21N3O2. The van der Waals surface area contributed by atoms with E-state index in [1.54, 1.807) is 11.8 Å². The molecule has 1 aromatic heterocycles. The van der Waals surface area contributed by atoms with Crippen molar-refractivity contribution >= 4 is 5.78 Å². The van der Waals surface area contributed by atoms with Gasteiger partial charge in [0.15, 0.2) is 5.78 Å². The number of ether oxygens (including phenoxy) is 1. The van der Waals surface area contributed by atoms with Gasteiger partial charge in [-0.25, -0.2) is 9.67 Å². The summed E-state index contributed by atoms with van der Waals surface area (Å²) in [4.78, 5) is 16.7. The molecule has 0 amide bonds. The number of aromatic nitrogens is 3. The minimum Gasteiger partial charge on any atom is -0.496 e. The Balaban J connectivity index is 2.22. The number of hydrogen-bond donors (Lipinski definition) is 0. The molecule has 0 aliphatic rings. The molecule has 21 heavy (non-hydrogen) atoms. The average molecular weight is 287 g/mol. The van der Waals surface area contributed by atoms with Crippen LogP contribution >= 0.6 is 0 Å². The number of nitrogens with zero attached hydrogens (tertiary/aromatic N) is 3. The lowest BCUT2D eigenvalue weighted by Gasteiger charge is -2.10. The highest BCUT2D eigenvalue weighted by atomic mass is 16.5. The van der Waals surface area contributed by atoms with Gasteiger partial charge in [0.25, 0.3) is 0 Å². The summed E-state index contributed by atoms with van der Waals surface area (Å²) in [6.45, 7) is 6.93. The van der Waals surface area contributed by atoms with Gasteiger partial charge in [0.1, 0.15) is 17.9 Å². The van der Waals surface area contributed by atoms with Crippen LogP contribution in [0.4, 0.5) is 0 Å². The zero-order valence-electron chi connectivity index (χ0n) is 13.0. The first-order valence-corrected chi connectivity index (χ1v) is 7.05. The zero-order valence-corrected chi connectivity index (χ0v) is 13.0. The number of hydrogen-bond acceptors (Lipinski definition) is 4. The van der Waals surface area contributed by atoms with Crippen molar-refractivity contribution in [1.82, 2.24) is 14.8 Å². The Labute approximate surface area is 125 Å². The lowest BCUT2D eigenvalue weighted by molar-refractivity contribution is 0.0986. The third kappa shape index (κ3) is 3.68. The molecular weight excluding hydrogens is 266 g/mol. The highest BCUT2D eigenvalue weighted by Crippen LogP contribution is 2.21. The fraction of sp³-hybridized carbons (Fsp3) is 0.438. The number of benzene rings is 1. The van der Waals surface area contributed by atoms with E-state index >= 15 is 0 Å². The highest BCUT2D eigenvalue weighted by molar-refractivity contribution is 5.99. The summed E-state index contributed by atoms with van der Waals surface area (Å²) < 4.78 is 7.07. The molecule has 1 aromatic carbocycles. The van der Waals surface area contributed by atoms with Gasteiger partial charge >= 0.3 is 0 Å². The van der Waals surface area contributed by atoms with Crippen molar-refractivity contribution in [2.24, 2.45) is 5.92 Å². The molecule has 0 aliphatic heterocycles. The first-order valence-electron chi connectivity index (χ1n) is 7.05. The fourth-order valence-electron chi connectivity index (χ4n) is 2.20. The smallest absolute Gasteiger partial charge is 0.174 e. The number of Topliss-reactive ketones (excluding diaryl/α,β-unsaturated/α-hetero) is 1. The maximum absolute atomic E-state index is 12.5. The van der Waals surface area contributed by atoms with Crippen LogP contribution in [0.3, 0.4) is 0 Å². The predicted octanol–water partition coefficient (Wildman–Crippen LogP) is 2.68. The Bertz CT molecular complexity index is 632. The maximum Gasteiger partial charge on any atom is 0.174 e. The van der Waals surface area contributed by atoms with Crippen LogP contribution in [0, 0.1) is 12.8 Å². The van der Waals surface area contributed by atoms with Crippen LogP contribution in [0.25, 0.3) is 0 Å². The molecule has 1 heterocycles. The van der Waals surface area contributed by atoms with Crippen molar-refractivity contribution in [2.75, 3.05) is 7.11 Å². The van der Waals surface area contributed by atoms with Gasteiger partial charge < -0.3 is 4.74 Å². The fourth-order valence-corrected chi connectivity index (χ4v) is 2.20. The van der Waals surface area contributed by atoms with Crippen molar-refractivity contribution in [3.05, 3.63) is 41.5 Å². The third-order valence-corrected chi connectivity index (χ3v) is 3.21. The van der Waals surface area contributed by atoms with E-state index < -0.39 is 0 Å². The van der Waals surface area contributed by atoms with E-state index in [-0.39, 0.29) is 12.2 Å². The molecule has 0 atom stereocenters. The Hall–Kier alpha value is -2.17. The minimum absolute atomic E-state index is 0.00597. The summed E-state index contributed by atoms with van der Waals surface area (Å²) in [6, 6.07) is 5.60. The van der Waals surface area contributed by atoms with Gasteiger partial charge in [0.2, 0.25) is 0 Å². The van der Waals surface area contributed by atoms with Gasteiger partial charge in [-0.3, -0.25) is 4.79 Å². The zero-order chi connectivity index (χ0) is 15.4. The van der Waals surface area contributed by atoms with Crippen LogP contribution in [-0.4, -0.2) is 27.7 Å². The Kier molecular flexibility index (Phi) is 4.73. The Morgan fingerprint density at radius 2 is 2.14 bits per heavy atom. The standard InChI is InChI=1S/C16H21N3O2/c1-11(2)9-19-16(17-10-18-19)8-14(20)13-7-12(3)5-6-15(13)21-4/h5-7,10-11H,8-9H2,1-4H3. The topological polar surface area (TPSA) is 57.0 Å². The van der Waals surface area contributed by atoms with Crippen LogP contribution in [0.15, 0.2) is 24.5 Å². The normalized spacial score (nSPS) is 10.9. The quantitative estimate of drug-likeness (QED) is 0.766. The molecule has 0 aliphatic carbocycles. The summed E-state index contributed by atoms with van der Waals surface area (Å²) in [5, 5.41) is 4.19. The van der Waals surface area contributed by atoms with Crippen LogP contribution in [0.5, 0.6) is 5.75 Å². The van der Waals surface area contributed by atoms with E-state index in [2.05, 4.69) is 23.9 Å². The lowest BCUT2D eigenvalue weighted by Crippen LogP contribution is -2.14. The Morgan fingerprint density at radius 1 is 1.38 bits per heavy atom. The van der Waals surface area contributed by atoms with Gasteiger partial charge in [-0.1, -0.05) is 25.5 Å². The van der Waals surface area contributed by atoms with E-state index in [0.29, 0.717) is 23.1 Å². The maximum atomic E-state index is 12.5. The monoisotopic (exact) mass is 287 g/mol. The van der Waals surface area contributed by atoms with Crippen LogP contribution in [-0.2, 0) is 13.0 Å². The van der Waals surface area contributed by atoms with E-state index in [4.69, 9.17) is 4.74 Å². The first-order chi connectivity index (χ1) is 10.0. The number of ketones is 1. The van der Waals surface area contributed by atoms with Crippen LogP contribution in [0.2, 0.25) is 0 Å². The predicted molar refractivity (Wildman–Crippen MR) is 80.6 cm³/mol. The van der Waals surface area contributed by atoms with Gasteiger partial charge in [0, 0.05) is 6.54 Å². The SMILES string of the molecule is COc1ccc(C)cc1C(=O)Cc1ncnn1CC(C)C. The first kappa shape index (κ1) is 15.2. The van der Waals surface area contributed by atoms with E-state index in [0.717, 1.165) is 12.1 Å². The summed E-state index contributed by atoms with van der Waals surface area (Å²) in [7, 11) is 1.57. The van der Waals surface area contributed by atoms with Crippen molar-refractivity contribution < 1.29 is 9.53 Å². The van der Waals surface area contributed by atoms with Gasteiger partial charge in [-0.2, -0.15) is 5.10 Å². The number of aryl methyl sites for hydroxylation is 1. The van der Waals surface area contributed by atoms with Crippen molar-refractivity contribution in [3.8, 4) is 5.75 Å². The molecule has 2 rings (SSSR count). The van der Waals surface area contributed by atoms with E-state index in [1.807, 2.05) is 25.1 Å². The molecule has 0 unspecified atom stereocenters. The molecule has 0 radical (unpaired) electrons. The molecule has 5 nitrogen and oxygen atoms in total. The molecule has 0 N–H and O–H groups in total. The van der Waals surface area contributed by atoms with Crippen molar-refractivity contribution in [3.63, 3.8) is 0 Å². The second-order valence-electron chi connectivity index (χ2n) is 5.56. The lowest BCUT2D eigenvalue weighted by atomic mass is 10.0. The van der Waals surface area contributed by atoms with Gasteiger partial charge in [-0.05, 0) is 25.0 Å².